The second-order valence-electron chi connectivity index (χ2n) is 8.72. The van der Waals surface area contributed by atoms with Gasteiger partial charge in [-0.15, -0.1) is 0 Å². The highest BCUT2D eigenvalue weighted by Gasteiger charge is 2.40. The van der Waals surface area contributed by atoms with Gasteiger partial charge in [-0.05, 0) is 49.6 Å². The van der Waals surface area contributed by atoms with Gasteiger partial charge >= 0.3 is 6.09 Å². The lowest BCUT2D eigenvalue weighted by molar-refractivity contribution is -0.114. The molecule has 0 unspecified atom stereocenters. The lowest BCUT2D eigenvalue weighted by atomic mass is 9.88. The van der Waals surface area contributed by atoms with Crippen LogP contribution in [-0.2, 0) is 27.3 Å². The summed E-state index contributed by atoms with van der Waals surface area (Å²) >= 11 is 0. The van der Waals surface area contributed by atoms with Crippen molar-refractivity contribution in [2.24, 2.45) is 0 Å². The number of nitrogens with zero attached hydrogens (tertiary/aromatic N) is 1. The number of benzene rings is 2. The molecule has 1 aliphatic heterocycles. The van der Waals surface area contributed by atoms with Gasteiger partial charge in [0.15, 0.2) is 11.5 Å². The van der Waals surface area contributed by atoms with E-state index in [1.807, 2.05) is 42.5 Å². The van der Waals surface area contributed by atoms with Crippen LogP contribution in [-0.4, -0.2) is 49.7 Å². The molecule has 1 aliphatic rings. The van der Waals surface area contributed by atoms with Crippen LogP contribution in [0.1, 0.15) is 43.5 Å². The highest BCUT2D eigenvalue weighted by atomic mass is 16.6. The van der Waals surface area contributed by atoms with Crippen molar-refractivity contribution >= 4 is 12.4 Å². The number of carbonyl (C=O) groups is 2. The van der Waals surface area contributed by atoms with Gasteiger partial charge in [-0.2, -0.15) is 0 Å². The lowest BCUT2D eigenvalue weighted by Crippen LogP contribution is -2.51. The maximum Gasteiger partial charge on any atom is 0.411 e. The first kappa shape index (κ1) is 23.6. The zero-order chi connectivity index (χ0) is 23.3. The zero-order valence-corrected chi connectivity index (χ0v) is 19.3. The Bertz CT molecular complexity index is 937. The van der Waals surface area contributed by atoms with Crippen molar-refractivity contribution in [1.82, 2.24) is 4.90 Å². The minimum absolute atomic E-state index is 0.195. The number of fused-ring (bicyclic) bond motifs is 1. The standard InChI is InChI=1S/C25H31NO6/c1-25(2,3)32-24(28)26-19(14-27)11-18-12-22(29-4)23(30-5)13-20(18)21(26)16-31-15-17-9-7-6-8-10-17/h6-10,12-14,19,21H,11,15-16H2,1-5H3/t19-,21-/m0/s1. The van der Waals surface area contributed by atoms with Gasteiger partial charge in [0.25, 0.3) is 0 Å². The molecule has 2 aromatic carbocycles. The van der Waals surface area contributed by atoms with Crippen LogP contribution in [0.2, 0.25) is 0 Å². The van der Waals surface area contributed by atoms with Crippen LogP contribution in [0.5, 0.6) is 11.5 Å². The molecule has 0 N–H and O–H groups in total. The van der Waals surface area contributed by atoms with E-state index >= 15 is 0 Å². The lowest BCUT2D eigenvalue weighted by Gasteiger charge is -2.41. The third-order valence-electron chi connectivity index (χ3n) is 5.28. The van der Waals surface area contributed by atoms with E-state index in [1.165, 1.54) is 4.90 Å². The number of amides is 1. The summed E-state index contributed by atoms with van der Waals surface area (Å²) in [6, 6.07) is 12.3. The molecule has 3 rings (SSSR count). The molecule has 1 amide bonds. The van der Waals surface area contributed by atoms with Crippen molar-refractivity contribution in [3.05, 3.63) is 59.2 Å². The van der Waals surface area contributed by atoms with E-state index in [0.717, 1.165) is 23.0 Å². The molecule has 2 atom stereocenters. The topological polar surface area (TPSA) is 74.3 Å². The molecule has 7 heteroatoms. The van der Waals surface area contributed by atoms with E-state index in [0.29, 0.717) is 24.5 Å². The van der Waals surface area contributed by atoms with Crippen molar-refractivity contribution in [2.45, 2.75) is 51.5 Å². The van der Waals surface area contributed by atoms with E-state index in [9.17, 15) is 9.59 Å². The highest BCUT2D eigenvalue weighted by Crippen LogP contribution is 2.40. The molecule has 172 valence electrons. The molecular weight excluding hydrogens is 410 g/mol. The summed E-state index contributed by atoms with van der Waals surface area (Å²) in [6.45, 7) is 5.98. The predicted octanol–water partition coefficient (Wildman–Crippen LogP) is 4.32. The third-order valence-corrected chi connectivity index (χ3v) is 5.28. The van der Waals surface area contributed by atoms with Gasteiger partial charge in [-0.3, -0.25) is 4.90 Å². The van der Waals surface area contributed by atoms with Crippen LogP contribution in [0.3, 0.4) is 0 Å². The number of hydrogen-bond donors (Lipinski definition) is 0. The Labute approximate surface area is 189 Å². The Hall–Kier alpha value is -3.06. The number of ether oxygens (including phenoxy) is 4. The molecule has 0 aromatic heterocycles. The van der Waals surface area contributed by atoms with Crippen molar-refractivity contribution in [3.63, 3.8) is 0 Å². The Kier molecular flexibility index (Phi) is 7.40. The van der Waals surface area contributed by atoms with Crippen LogP contribution >= 0.6 is 0 Å². The van der Waals surface area contributed by atoms with Gasteiger partial charge in [0.1, 0.15) is 11.9 Å². The summed E-state index contributed by atoms with van der Waals surface area (Å²) in [7, 11) is 3.13. The first-order chi connectivity index (χ1) is 15.3. The van der Waals surface area contributed by atoms with Crippen molar-refractivity contribution < 1.29 is 28.5 Å². The molecule has 0 saturated carbocycles. The average molecular weight is 442 g/mol. The SMILES string of the molecule is COc1cc2c(cc1OC)[C@H](COCc1ccccc1)N(C(=O)OC(C)(C)C)[C@H](C=O)C2. The molecule has 32 heavy (non-hydrogen) atoms. The first-order valence-electron chi connectivity index (χ1n) is 10.6. The predicted molar refractivity (Wildman–Crippen MR) is 120 cm³/mol. The largest absolute Gasteiger partial charge is 0.493 e. The smallest absolute Gasteiger partial charge is 0.411 e. The maximum atomic E-state index is 13.1. The van der Waals surface area contributed by atoms with Gasteiger partial charge in [-0.1, -0.05) is 30.3 Å². The van der Waals surface area contributed by atoms with Crippen LogP contribution in [0.4, 0.5) is 4.79 Å². The fourth-order valence-electron chi connectivity index (χ4n) is 3.85. The summed E-state index contributed by atoms with van der Waals surface area (Å²) in [5.74, 6) is 1.12. The zero-order valence-electron chi connectivity index (χ0n) is 19.3. The highest BCUT2D eigenvalue weighted by molar-refractivity contribution is 5.76. The Morgan fingerprint density at radius 2 is 1.75 bits per heavy atom. The summed E-state index contributed by atoms with van der Waals surface area (Å²) in [4.78, 5) is 26.7. The van der Waals surface area contributed by atoms with Gasteiger partial charge in [0, 0.05) is 6.42 Å². The summed E-state index contributed by atoms with van der Waals surface area (Å²) < 4.78 is 22.6. The van der Waals surface area contributed by atoms with Crippen LogP contribution in [0.25, 0.3) is 0 Å². The quantitative estimate of drug-likeness (QED) is 0.596. The molecular formula is C25H31NO6. The molecule has 0 aliphatic carbocycles. The van der Waals surface area contributed by atoms with Gasteiger partial charge < -0.3 is 23.7 Å². The molecule has 0 spiro atoms. The van der Waals surface area contributed by atoms with E-state index in [1.54, 1.807) is 35.0 Å². The van der Waals surface area contributed by atoms with Crippen molar-refractivity contribution in [2.75, 3.05) is 20.8 Å². The fourth-order valence-corrected chi connectivity index (χ4v) is 3.85. The monoisotopic (exact) mass is 441 g/mol. The Morgan fingerprint density at radius 3 is 2.34 bits per heavy atom. The van der Waals surface area contributed by atoms with Gasteiger partial charge in [0.2, 0.25) is 0 Å². The van der Waals surface area contributed by atoms with E-state index in [2.05, 4.69) is 0 Å². The van der Waals surface area contributed by atoms with Gasteiger partial charge in [-0.25, -0.2) is 4.79 Å². The molecule has 0 saturated heterocycles. The summed E-state index contributed by atoms with van der Waals surface area (Å²) in [5.41, 5.74) is 2.08. The summed E-state index contributed by atoms with van der Waals surface area (Å²) in [5, 5.41) is 0. The van der Waals surface area contributed by atoms with Crippen LogP contribution in [0, 0.1) is 0 Å². The minimum Gasteiger partial charge on any atom is -0.493 e. The fraction of sp³-hybridized carbons (Fsp3) is 0.440. The normalized spacial score (nSPS) is 18.0. The molecule has 0 bridgehead atoms. The van der Waals surface area contributed by atoms with Crippen molar-refractivity contribution in [1.29, 1.82) is 0 Å². The third kappa shape index (κ3) is 5.40. The second-order valence-corrected chi connectivity index (χ2v) is 8.72. The molecule has 0 fully saturated rings. The molecule has 2 aromatic rings. The average Bonchev–Trinajstić information content (AvgIpc) is 2.77. The number of hydrogen-bond acceptors (Lipinski definition) is 6. The summed E-state index contributed by atoms with van der Waals surface area (Å²) in [6.07, 6.45) is 0.588. The molecule has 0 radical (unpaired) electrons. The Balaban J connectivity index is 1.97. The van der Waals surface area contributed by atoms with Crippen LogP contribution in [0.15, 0.2) is 42.5 Å². The molecule has 1 heterocycles. The maximum absolute atomic E-state index is 13.1. The van der Waals surface area contributed by atoms with E-state index in [-0.39, 0.29) is 6.61 Å². The number of rotatable bonds is 7. The Morgan fingerprint density at radius 1 is 1.09 bits per heavy atom. The number of aldehydes is 1. The minimum atomic E-state index is -0.697. The van der Waals surface area contributed by atoms with Crippen LogP contribution < -0.4 is 9.47 Å². The number of carbonyl (C=O) groups excluding carboxylic acids is 2. The second kappa shape index (κ2) is 10.0. The van der Waals surface area contributed by atoms with Gasteiger partial charge in [0.05, 0.1) is 39.5 Å². The molecule has 7 nitrogen and oxygen atoms in total. The van der Waals surface area contributed by atoms with E-state index in [4.69, 9.17) is 18.9 Å². The van der Waals surface area contributed by atoms with E-state index < -0.39 is 23.8 Å². The first-order valence-corrected chi connectivity index (χ1v) is 10.6. The van der Waals surface area contributed by atoms with Crippen molar-refractivity contribution in [3.8, 4) is 11.5 Å². The number of methoxy groups -OCH3 is 2.